The summed E-state index contributed by atoms with van der Waals surface area (Å²) in [6, 6.07) is 0. The van der Waals surface area contributed by atoms with Gasteiger partial charge >= 0.3 is 0 Å². The van der Waals surface area contributed by atoms with Gasteiger partial charge < -0.3 is 10.6 Å². The van der Waals surface area contributed by atoms with Crippen molar-refractivity contribution in [2.45, 2.75) is 47.5 Å². The third-order valence-corrected chi connectivity index (χ3v) is 3.91. The van der Waals surface area contributed by atoms with E-state index >= 15 is 0 Å². The minimum atomic E-state index is 0.390. The van der Waals surface area contributed by atoms with Crippen molar-refractivity contribution in [3.05, 3.63) is 12.3 Å². The number of rotatable bonds is 9. The quantitative estimate of drug-likeness (QED) is 0.604. The van der Waals surface area contributed by atoms with E-state index in [0.29, 0.717) is 17.3 Å². The average molecular weight is 240 g/mol. The molecule has 2 N–H and O–H groups in total. The third kappa shape index (κ3) is 6.72. The zero-order valence-corrected chi connectivity index (χ0v) is 12.7. The Balaban J connectivity index is 4.01. The van der Waals surface area contributed by atoms with Crippen LogP contribution in [-0.4, -0.2) is 20.1 Å². The van der Waals surface area contributed by atoms with E-state index in [0.717, 1.165) is 18.8 Å². The lowest BCUT2D eigenvalue weighted by Crippen LogP contribution is -2.32. The van der Waals surface area contributed by atoms with Crippen LogP contribution in [0, 0.1) is 17.3 Å². The van der Waals surface area contributed by atoms with Crippen LogP contribution in [-0.2, 0) is 0 Å². The zero-order chi connectivity index (χ0) is 13.5. The number of hydrogen-bond acceptors (Lipinski definition) is 2. The highest BCUT2D eigenvalue weighted by Crippen LogP contribution is 2.31. The topological polar surface area (TPSA) is 24.1 Å². The minimum absolute atomic E-state index is 0.390. The van der Waals surface area contributed by atoms with Crippen LogP contribution in [0.5, 0.6) is 0 Å². The van der Waals surface area contributed by atoms with Crippen molar-refractivity contribution in [1.29, 1.82) is 0 Å². The van der Waals surface area contributed by atoms with Gasteiger partial charge in [-0.15, -0.1) is 0 Å². The maximum atomic E-state index is 4.06. The molecule has 0 bridgehead atoms. The Morgan fingerprint density at radius 1 is 1.24 bits per heavy atom. The first kappa shape index (κ1) is 16.5. The summed E-state index contributed by atoms with van der Waals surface area (Å²) in [4.78, 5) is 0. The van der Waals surface area contributed by atoms with Gasteiger partial charge in [0, 0.05) is 12.2 Å². The van der Waals surface area contributed by atoms with Crippen molar-refractivity contribution in [2.75, 3.05) is 20.1 Å². The summed E-state index contributed by atoms with van der Waals surface area (Å²) >= 11 is 0. The van der Waals surface area contributed by atoms with Gasteiger partial charge in [0.25, 0.3) is 0 Å². The van der Waals surface area contributed by atoms with Crippen molar-refractivity contribution in [1.82, 2.24) is 10.6 Å². The molecule has 0 rings (SSSR count). The van der Waals surface area contributed by atoms with Gasteiger partial charge in [-0.2, -0.15) is 0 Å². The number of nitrogens with one attached hydrogen (secondary N) is 2. The second-order valence-corrected chi connectivity index (χ2v) is 6.16. The standard InChI is InChI=1S/C15H32N2/c1-12(2)14(4)17-11-13(3)15(5,6)9-8-10-16-7/h12-13,16-17H,4,8-11H2,1-3,5-7H3. The first-order valence-electron chi connectivity index (χ1n) is 6.88. The molecule has 17 heavy (non-hydrogen) atoms. The normalized spacial score (nSPS) is 13.8. The van der Waals surface area contributed by atoms with Crippen molar-refractivity contribution < 1.29 is 0 Å². The predicted octanol–water partition coefficient (Wildman–Crippen LogP) is 3.41. The van der Waals surface area contributed by atoms with Gasteiger partial charge in [0.15, 0.2) is 0 Å². The van der Waals surface area contributed by atoms with Gasteiger partial charge in [-0.1, -0.05) is 41.2 Å². The Hall–Kier alpha value is -0.500. The van der Waals surface area contributed by atoms with Crippen LogP contribution in [0.25, 0.3) is 0 Å². The van der Waals surface area contributed by atoms with Crippen LogP contribution in [0.15, 0.2) is 12.3 Å². The van der Waals surface area contributed by atoms with Gasteiger partial charge in [-0.05, 0) is 43.7 Å². The molecule has 0 amide bonds. The van der Waals surface area contributed by atoms with Crippen LogP contribution in [0.4, 0.5) is 0 Å². The molecule has 0 aromatic carbocycles. The van der Waals surface area contributed by atoms with Crippen LogP contribution in [0.1, 0.15) is 47.5 Å². The van der Waals surface area contributed by atoms with Crippen molar-refractivity contribution in [2.24, 2.45) is 17.3 Å². The maximum absolute atomic E-state index is 4.06. The summed E-state index contributed by atoms with van der Waals surface area (Å²) in [5, 5.41) is 6.68. The van der Waals surface area contributed by atoms with Crippen LogP contribution in [0.2, 0.25) is 0 Å². The fraction of sp³-hybridized carbons (Fsp3) is 0.867. The van der Waals surface area contributed by atoms with Crippen molar-refractivity contribution in [3.63, 3.8) is 0 Å². The lowest BCUT2D eigenvalue weighted by molar-refractivity contribution is 0.204. The molecule has 0 aliphatic carbocycles. The second kappa shape index (κ2) is 7.75. The first-order chi connectivity index (χ1) is 7.81. The van der Waals surface area contributed by atoms with Crippen LogP contribution >= 0.6 is 0 Å². The Morgan fingerprint density at radius 3 is 2.29 bits per heavy atom. The highest BCUT2D eigenvalue weighted by atomic mass is 14.9. The first-order valence-corrected chi connectivity index (χ1v) is 6.88. The Kier molecular flexibility index (Phi) is 7.53. The number of hydrogen-bond donors (Lipinski definition) is 2. The highest BCUT2D eigenvalue weighted by Gasteiger charge is 2.25. The molecule has 0 fully saturated rings. The Labute approximate surface area is 108 Å². The fourth-order valence-electron chi connectivity index (χ4n) is 1.73. The minimum Gasteiger partial charge on any atom is -0.388 e. The van der Waals surface area contributed by atoms with Gasteiger partial charge in [-0.3, -0.25) is 0 Å². The summed E-state index contributed by atoms with van der Waals surface area (Å²) in [5.74, 6) is 1.18. The molecule has 0 saturated heterocycles. The van der Waals surface area contributed by atoms with E-state index in [2.05, 4.69) is 51.8 Å². The van der Waals surface area contributed by atoms with Gasteiger partial charge in [0.1, 0.15) is 0 Å². The van der Waals surface area contributed by atoms with Crippen molar-refractivity contribution >= 4 is 0 Å². The lowest BCUT2D eigenvalue weighted by atomic mass is 9.76. The van der Waals surface area contributed by atoms with Crippen LogP contribution in [0.3, 0.4) is 0 Å². The van der Waals surface area contributed by atoms with E-state index in [9.17, 15) is 0 Å². The second-order valence-electron chi connectivity index (χ2n) is 6.16. The molecule has 0 aliphatic heterocycles. The molecule has 2 heteroatoms. The van der Waals surface area contributed by atoms with E-state index < -0.39 is 0 Å². The van der Waals surface area contributed by atoms with E-state index in [1.807, 2.05) is 7.05 Å². The van der Waals surface area contributed by atoms with E-state index in [1.165, 1.54) is 12.8 Å². The molecule has 2 nitrogen and oxygen atoms in total. The smallest absolute Gasteiger partial charge is 0.0174 e. The molecular formula is C15H32N2. The SMILES string of the molecule is C=C(NCC(C)C(C)(C)CCCNC)C(C)C. The van der Waals surface area contributed by atoms with E-state index in [1.54, 1.807) is 0 Å². The molecule has 102 valence electrons. The molecule has 0 saturated carbocycles. The summed E-state index contributed by atoms with van der Waals surface area (Å²) in [5.41, 5.74) is 1.55. The molecule has 0 heterocycles. The molecule has 1 atom stereocenters. The van der Waals surface area contributed by atoms with E-state index in [4.69, 9.17) is 0 Å². The third-order valence-electron chi connectivity index (χ3n) is 3.91. The molecule has 0 radical (unpaired) electrons. The van der Waals surface area contributed by atoms with Crippen LogP contribution < -0.4 is 10.6 Å². The zero-order valence-electron chi connectivity index (χ0n) is 12.7. The van der Waals surface area contributed by atoms with Gasteiger partial charge in [0.05, 0.1) is 0 Å². The average Bonchev–Trinajstić information content (AvgIpc) is 2.25. The molecular weight excluding hydrogens is 208 g/mol. The van der Waals surface area contributed by atoms with Gasteiger partial charge in [-0.25, -0.2) is 0 Å². The Morgan fingerprint density at radius 2 is 1.82 bits per heavy atom. The maximum Gasteiger partial charge on any atom is 0.0174 e. The van der Waals surface area contributed by atoms with Crippen molar-refractivity contribution in [3.8, 4) is 0 Å². The highest BCUT2D eigenvalue weighted by molar-refractivity contribution is 4.95. The summed E-state index contributed by atoms with van der Waals surface area (Å²) < 4.78 is 0. The predicted molar refractivity (Wildman–Crippen MR) is 78.1 cm³/mol. The lowest BCUT2D eigenvalue weighted by Gasteiger charge is -2.33. The van der Waals surface area contributed by atoms with Gasteiger partial charge in [0.2, 0.25) is 0 Å². The summed E-state index contributed by atoms with van der Waals surface area (Å²) in [6.07, 6.45) is 2.52. The monoisotopic (exact) mass is 240 g/mol. The molecule has 0 aromatic heterocycles. The summed E-state index contributed by atoms with van der Waals surface area (Å²) in [6.45, 7) is 17.6. The molecule has 0 aromatic rings. The molecule has 0 aliphatic rings. The number of allylic oxidation sites excluding steroid dienone is 1. The van der Waals surface area contributed by atoms with E-state index in [-0.39, 0.29) is 0 Å². The largest absolute Gasteiger partial charge is 0.388 e. The molecule has 1 unspecified atom stereocenters. The fourth-order valence-corrected chi connectivity index (χ4v) is 1.73. The summed E-state index contributed by atoms with van der Waals surface area (Å²) in [7, 11) is 2.02. The Bertz CT molecular complexity index is 219. The molecule has 0 spiro atoms.